The highest BCUT2D eigenvalue weighted by Crippen LogP contribution is 2.28. The zero-order valence-electron chi connectivity index (χ0n) is 9.60. The zero-order chi connectivity index (χ0) is 13.1. The minimum Gasteiger partial charge on any atom is -0.478 e. The van der Waals surface area contributed by atoms with Crippen molar-refractivity contribution in [2.24, 2.45) is 0 Å². The van der Waals surface area contributed by atoms with Crippen LogP contribution in [0.5, 0.6) is 0 Å². The highest BCUT2D eigenvalue weighted by Gasteiger charge is 2.23. The zero-order valence-corrected chi connectivity index (χ0v) is 9.60. The third kappa shape index (κ3) is 2.56. The van der Waals surface area contributed by atoms with Gasteiger partial charge in [-0.1, -0.05) is 12.1 Å². The number of halogens is 1. The van der Waals surface area contributed by atoms with Gasteiger partial charge in [0, 0.05) is 19.0 Å². The molecule has 0 aliphatic carbocycles. The first kappa shape index (κ1) is 12.3. The van der Waals surface area contributed by atoms with Crippen molar-refractivity contribution in [2.45, 2.75) is 12.8 Å². The van der Waals surface area contributed by atoms with E-state index < -0.39 is 11.8 Å². The van der Waals surface area contributed by atoms with Gasteiger partial charge in [-0.3, -0.25) is 4.79 Å². The van der Waals surface area contributed by atoms with Crippen molar-refractivity contribution in [1.82, 2.24) is 0 Å². The number of fused-ring (bicyclic) bond motifs is 1. The van der Waals surface area contributed by atoms with Crippen LogP contribution < -0.4 is 4.90 Å². The number of aryl methyl sites for hydroxylation is 1. The molecule has 18 heavy (non-hydrogen) atoms. The van der Waals surface area contributed by atoms with Crippen LogP contribution in [0, 0.1) is 5.82 Å². The van der Waals surface area contributed by atoms with Gasteiger partial charge >= 0.3 is 5.97 Å². The number of carbonyl (C=O) groups excluding carboxylic acids is 1. The third-order valence-electron chi connectivity index (χ3n) is 2.80. The van der Waals surface area contributed by atoms with Gasteiger partial charge in [-0.25, -0.2) is 9.18 Å². The van der Waals surface area contributed by atoms with Gasteiger partial charge in [0.25, 0.3) is 0 Å². The van der Waals surface area contributed by atoms with Crippen molar-refractivity contribution in [3.63, 3.8) is 0 Å². The molecule has 0 spiro atoms. The summed E-state index contributed by atoms with van der Waals surface area (Å²) in [6, 6.07) is 4.33. The van der Waals surface area contributed by atoms with E-state index in [0.717, 1.165) is 11.6 Å². The normalized spacial score (nSPS) is 14.9. The van der Waals surface area contributed by atoms with Crippen molar-refractivity contribution in [2.75, 3.05) is 11.4 Å². The summed E-state index contributed by atoms with van der Waals surface area (Å²) >= 11 is 0. The maximum atomic E-state index is 13.2. The SMILES string of the molecule is O=C(O)C=CCN1C(=O)CCc2ccc(F)cc21. The standard InChI is InChI=1S/C13H12FNO3/c14-10-5-3-9-4-6-12(16)15(11(9)8-10)7-1-2-13(17)18/h1-3,5,8H,4,6-7H2,(H,17,18). The monoisotopic (exact) mass is 249 g/mol. The molecule has 1 heterocycles. The first-order valence-electron chi connectivity index (χ1n) is 5.56. The number of anilines is 1. The summed E-state index contributed by atoms with van der Waals surface area (Å²) in [5.74, 6) is -1.60. The van der Waals surface area contributed by atoms with Gasteiger partial charge in [-0.15, -0.1) is 0 Å². The number of rotatable bonds is 3. The molecule has 1 amide bonds. The number of amides is 1. The summed E-state index contributed by atoms with van der Waals surface area (Å²) in [4.78, 5) is 23.5. The highest BCUT2D eigenvalue weighted by molar-refractivity contribution is 5.96. The van der Waals surface area contributed by atoms with Crippen LogP contribution in [-0.2, 0) is 16.0 Å². The molecule has 1 aliphatic rings. The van der Waals surface area contributed by atoms with Crippen molar-refractivity contribution < 1.29 is 19.1 Å². The van der Waals surface area contributed by atoms with Crippen LogP contribution in [-0.4, -0.2) is 23.5 Å². The van der Waals surface area contributed by atoms with Crippen molar-refractivity contribution in [3.05, 3.63) is 41.7 Å². The lowest BCUT2D eigenvalue weighted by atomic mass is 10.0. The number of carbonyl (C=O) groups is 2. The summed E-state index contributed by atoms with van der Waals surface area (Å²) in [6.07, 6.45) is 3.30. The topological polar surface area (TPSA) is 57.6 Å². The summed E-state index contributed by atoms with van der Waals surface area (Å²) in [6.45, 7) is 0.140. The molecule has 0 atom stereocenters. The molecule has 0 aromatic heterocycles. The average molecular weight is 249 g/mol. The molecule has 0 saturated heterocycles. The van der Waals surface area contributed by atoms with Gasteiger partial charge in [0.1, 0.15) is 5.82 Å². The summed E-state index contributed by atoms with van der Waals surface area (Å²) in [7, 11) is 0. The number of aliphatic carboxylic acids is 1. The molecular formula is C13H12FNO3. The number of hydrogen-bond donors (Lipinski definition) is 1. The van der Waals surface area contributed by atoms with E-state index in [1.54, 1.807) is 6.07 Å². The average Bonchev–Trinajstić information content (AvgIpc) is 2.31. The lowest BCUT2D eigenvalue weighted by Gasteiger charge is -2.28. The Morgan fingerprint density at radius 2 is 2.22 bits per heavy atom. The van der Waals surface area contributed by atoms with Crippen LogP contribution in [0.1, 0.15) is 12.0 Å². The predicted molar refractivity (Wildman–Crippen MR) is 63.8 cm³/mol. The van der Waals surface area contributed by atoms with Crippen LogP contribution in [0.4, 0.5) is 10.1 Å². The molecule has 0 radical (unpaired) electrons. The van der Waals surface area contributed by atoms with E-state index in [2.05, 4.69) is 0 Å². The lowest BCUT2D eigenvalue weighted by Crippen LogP contribution is -2.35. The maximum absolute atomic E-state index is 13.2. The smallest absolute Gasteiger partial charge is 0.328 e. The number of carboxylic acids is 1. The Morgan fingerprint density at radius 1 is 1.44 bits per heavy atom. The molecule has 5 heteroatoms. The van der Waals surface area contributed by atoms with Gasteiger partial charge in [-0.05, 0) is 24.1 Å². The van der Waals surface area contributed by atoms with E-state index in [1.165, 1.54) is 23.1 Å². The summed E-state index contributed by atoms with van der Waals surface area (Å²) in [5.41, 5.74) is 1.43. The van der Waals surface area contributed by atoms with Gasteiger partial charge in [0.2, 0.25) is 5.91 Å². The molecule has 4 nitrogen and oxygen atoms in total. The number of hydrogen-bond acceptors (Lipinski definition) is 2. The second-order valence-electron chi connectivity index (χ2n) is 4.02. The first-order valence-corrected chi connectivity index (χ1v) is 5.56. The Hall–Kier alpha value is -2.17. The second-order valence-corrected chi connectivity index (χ2v) is 4.02. The third-order valence-corrected chi connectivity index (χ3v) is 2.80. The van der Waals surface area contributed by atoms with E-state index in [1.807, 2.05) is 0 Å². The minimum atomic E-state index is -1.07. The molecule has 0 saturated carbocycles. The molecule has 0 fully saturated rings. The van der Waals surface area contributed by atoms with Gasteiger partial charge in [0.15, 0.2) is 0 Å². The Kier molecular flexibility index (Phi) is 3.41. The fourth-order valence-corrected chi connectivity index (χ4v) is 1.97. The second kappa shape index (κ2) is 5.00. The predicted octanol–water partition coefficient (Wildman–Crippen LogP) is 1.75. The molecule has 1 aromatic carbocycles. The van der Waals surface area contributed by atoms with E-state index in [4.69, 9.17) is 5.11 Å². The number of benzene rings is 1. The van der Waals surface area contributed by atoms with E-state index in [9.17, 15) is 14.0 Å². The van der Waals surface area contributed by atoms with Gasteiger partial charge in [-0.2, -0.15) is 0 Å². The van der Waals surface area contributed by atoms with E-state index in [-0.39, 0.29) is 12.5 Å². The largest absolute Gasteiger partial charge is 0.478 e. The van der Waals surface area contributed by atoms with Crippen LogP contribution >= 0.6 is 0 Å². The molecule has 0 unspecified atom stereocenters. The van der Waals surface area contributed by atoms with Gasteiger partial charge in [0.05, 0.1) is 5.69 Å². The Balaban J connectivity index is 2.27. The van der Waals surface area contributed by atoms with Gasteiger partial charge < -0.3 is 10.0 Å². The first-order chi connectivity index (χ1) is 8.58. The van der Waals surface area contributed by atoms with Crippen molar-refractivity contribution in [3.8, 4) is 0 Å². The minimum absolute atomic E-state index is 0.122. The summed E-state index contributed by atoms with van der Waals surface area (Å²) in [5, 5.41) is 8.50. The van der Waals surface area contributed by atoms with Crippen LogP contribution in [0.2, 0.25) is 0 Å². The highest BCUT2D eigenvalue weighted by atomic mass is 19.1. The number of carboxylic acid groups (broad SMARTS) is 1. The van der Waals surface area contributed by atoms with Crippen LogP contribution in [0.3, 0.4) is 0 Å². The molecule has 1 aromatic rings. The van der Waals surface area contributed by atoms with E-state index in [0.29, 0.717) is 18.5 Å². The quantitative estimate of drug-likeness (QED) is 0.830. The van der Waals surface area contributed by atoms with E-state index >= 15 is 0 Å². The van der Waals surface area contributed by atoms with Crippen LogP contribution in [0.15, 0.2) is 30.4 Å². The van der Waals surface area contributed by atoms with Crippen LogP contribution in [0.25, 0.3) is 0 Å². The molecule has 2 rings (SSSR count). The molecular weight excluding hydrogens is 237 g/mol. The maximum Gasteiger partial charge on any atom is 0.328 e. The Labute approximate surface area is 103 Å². The summed E-state index contributed by atoms with van der Waals surface area (Å²) < 4.78 is 13.2. The number of nitrogens with zero attached hydrogens (tertiary/aromatic N) is 1. The molecule has 1 aliphatic heterocycles. The molecule has 1 N–H and O–H groups in total. The fraction of sp³-hybridized carbons (Fsp3) is 0.231. The fourth-order valence-electron chi connectivity index (χ4n) is 1.97. The van der Waals surface area contributed by atoms with Crippen molar-refractivity contribution in [1.29, 1.82) is 0 Å². The Bertz CT molecular complexity index is 525. The molecule has 0 bridgehead atoms. The van der Waals surface area contributed by atoms with Crippen molar-refractivity contribution >= 4 is 17.6 Å². The Morgan fingerprint density at radius 3 is 2.94 bits per heavy atom. The molecule has 94 valence electrons. The lowest BCUT2D eigenvalue weighted by molar-refractivity contribution is -0.131.